The number of carbonyl (C=O) groups is 2. The largest absolute Gasteiger partial charge is 0.366 e. The average molecular weight is 345 g/mol. The minimum Gasteiger partial charge on any atom is -0.366 e. The number of nitrogens with two attached hydrogens (primary N) is 2. The third-order valence-electron chi connectivity index (χ3n) is 3.42. The van der Waals surface area contributed by atoms with Crippen LogP contribution in [0.15, 0.2) is 43.2 Å². The Bertz CT molecular complexity index is 778. The first-order valence-electron chi connectivity index (χ1n) is 7.13. The molecule has 0 aliphatic rings. The SMILES string of the molecule is C=Cc1cc(NC(=O)[C@H](N)Cc2ccncc2)c(Cl)cc1C(N)=O. The molecule has 2 amide bonds. The van der Waals surface area contributed by atoms with E-state index < -0.39 is 17.9 Å². The van der Waals surface area contributed by atoms with Gasteiger partial charge in [0.15, 0.2) is 0 Å². The van der Waals surface area contributed by atoms with Gasteiger partial charge in [0.1, 0.15) is 0 Å². The Morgan fingerprint density at radius 1 is 1.33 bits per heavy atom. The van der Waals surface area contributed by atoms with E-state index >= 15 is 0 Å². The van der Waals surface area contributed by atoms with Crippen LogP contribution in [-0.2, 0) is 11.2 Å². The molecule has 1 aromatic carbocycles. The molecule has 0 spiro atoms. The number of nitrogens with zero attached hydrogens (tertiary/aromatic N) is 1. The van der Waals surface area contributed by atoms with E-state index in [2.05, 4.69) is 16.9 Å². The molecule has 0 unspecified atom stereocenters. The van der Waals surface area contributed by atoms with E-state index in [-0.39, 0.29) is 10.6 Å². The highest BCUT2D eigenvalue weighted by Crippen LogP contribution is 2.27. The summed E-state index contributed by atoms with van der Waals surface area (Å²) >= 11 is 6.11. The van der Waals surface area contributed by atoms with Crippen molar-refractivity contribution < 1.29 is 9.59 Å². The molecule has 7 heteroatoms. The molecule has 5 N–H and O–H groups in total. The van der Waals surface area contributed by atoms with Crippen molar-refractivity contribution >= 4 is 35.2 Å². The van der Waals surface area contributed by atoms with E-state index in [0.717, 1.165) is 5.56 Å². The molecule has 0 aliphatic heterocycles. The monoisotopic (exact) mass is 344 g/mol. The summed E-state index contributed by atoms with van der Waals surface area (Å²) in [7, 11) is 0. The lowest BCUT2D eigenvalue weighted by Crippen LogP contribution is -2.37. The van der Waals surface area contributed by atoms with Crippen molar-refractivity contribution in [2.75, 3.05) is 5.32 Å². The summed E-state index contributed by atoms with van der Waals surface area (Å²) in [5, 5.41) is 2.85. The number of benzene rings is 1. The lowest BCUT2D eigenvalue weighted by Gasteiger charge is -2.15. The molecule has 0 bridgehead atoms. The number of nitrogens with one attached hydrogen (secondary N) is 1. The van der Waals surface area contributed by atoms with Gasteiger partial charge >= 0.3 is 0 Å². The quantitative estimate of drug-likeness (QED) is 0.743. The molecule has 124 valence electrons. The fourth-order valence-corrected chi connectivity index (χ4v) is 2.37. The Morgan fingerprint density at radius 3 is 2.58 bits per heavy atom. The second-order valence-electron chi connectivity index (χ2n) is 5.14. The molecule has 0 fully saturated rings. The Morgan fingerprint density at radius 2 is 2.00 bits per heavy atom. The van der Waals surface area contributed by atoms with E-state index in [1.165, 1.54) is 18.2 Å². The zero-order chi connectivity index (χ0) is 17.7. The van der Waals surface area contributed by atoms with E-state index in [0.29, 0.717) is 17.7 Å². The van der Waals surface area contributed by atoms with Crippen LogP contribution in [0.1, 0.15) is 21.5 Å². The summed E-state index contributed by atoms with van der Waals surface area (Å²) in [5.41, 5.74) is 13.2. The molecular formula is C17H17ClN4O2. The maximum atomic E-state index is 12.3. The smallest absolute Gasteiger partial charge is 0.249 e. The molecule has 2 rings (SSSR count). The number of hydrogen-bond acceptors (Lipinski definition) is 4. The first kappa shape index (κ1) is 17.7. The molecule has 2 aromatic rings. The topological polar surface area (TPSA) is 111 Å². The summed E-state index contributed by atoms with van der Waals surface area (Å²) < 4.78 is 0. The number of anilines is 1. The Balaban J connectivity index is 2.16. The fraction of sp³-hybridized carbons (Fsp3) is 0.118. The van der Waals surface area contributed by atoms with Gasteiger partial charge in [-0.05, 0) is 41.8 Å². The third kappa shape index (κ3) is 4.18. The molecular weight excluding hydrogens is 328 g/mol. The van der Waals surface area contributed by atoms with Crippen molar-refractivity contribution in [2.24, 2.45) is 11.5 Å². The van der Waals surface area contributed by atoms with Crippen molar-refractivity contribution in [2.45, 2.75) is 12.5 Å². The maximum absolute atomic E-state index is 12.3. The van der Waals surface area contributed by atoms with Gasteiger partial charge in [-0.25, -0.2) is 0 Å². The van der Waals surface area contributed by atoms with Crippen molar-refractivity contribution in [3.05, 3.63) is 65.0 Å². The number of carbonyl (C=O) groups excluding carboxylic acids is 2. The minimum absolute atomic E-state index is 0.193. The fourth-order valence-electron chi connectivity index (χ4n) is 2.16. The third-order valence-corrected chi connectivity index (χ3v) is 3.74. The molecule has 0 saturated carbocycles. The second kappa shape index (κ2) is 7.72. The maximum Gasteiger partial charge on any atom is 0.249 e. The molecule has 24 heavy (non-hydrogen) atoms. The summed E-state index contributed by atoms with van der Waals surface area (Å²) in [4.78, 5) is 27.6. The number of pyridine rings is 1. The minimum atomic E-state index is -0.758. The average Bonchev–Trinajstić information content (AvgIpc) is 2.56. The highest BCUT2D eigenvalue weighted by atomic mass is 35.5. The van der Waals surface area contributed by atoms with Gasteiger partial charge in [-0.15, -0.1) is 0 Å². The van der Waals surface area contributed by atoms with Crippen molar-refractivity contribution in [3.8, 4) is 0 Å². The van der Waals surface area contributed by atoms with Gasteiger partial charge in [0.05, 0.1) is 16.8 Å². The normalized spacial score (nSPS) is 11.6. The first-order chi connectivity index (χ1) is 11.4. The van der Waals surface area contributed by atoms with Crippen LogP contribution in [-0.4, -0.2) is 22.8 Å². The molecule has 1 aromatic heterocycles. The molecule has 0 radical (unpaired) electrons. The predicted molar refractivity (Wildman–Crippen MR) is 94.6 cm³/mol. The van der Waals surface area contributed by atoms with Crippen LogP contribution in [0.3, 0.4) is 0 Å². The summed E-state index contributed by atoms with van der Waals surface area (Å²) in [6.07, 6.45) is 5.09. The lowest BCUT2D eigenvalue weighted by atomic mass is 10.0. The van der Waals surface area contributed by atoms with Gasteiger partial charge in [-0.1, -0.05) is 24.3 Å². The number of primary amides is 1. The van der Waals surface area contributed by atoms with Gasteiger partial charge in [-0.3, -0.25) is 14.6 Å². The Hall–Kier alpha value is -2.70. The molecule has 0 aliphatic carbocycles. The van der Waals surface area contributed by atoms with Crippen LogP contribution in [0.25, 0.3) is 6.08 Å². The molecule has 1 heterocycles. The van der Waals surface area contributed by atoms with Gasteiger partial charge in [0.25, 0.3) is 0 Å². The van der Waals surface area contributed by atoms with Gasteiger partial charge in [0, 0.05) is 18.0 Å². The summed E-state index contributed by atoms with van der Waals surface area (Å²) in [6, 6.07) is 5.75. The predicted octanol–water partition coefficient (Wildman–Crippen LogP) is 1.99. The first-order valence-corrected chi connectivity index (χ1v) is 7.51. The number of rotatable bonds is 6. The summed E-state index contributed by atoms with van der Waals surface area (Å²) in [6.45, 7) is 3.62. The van der Waals surface area contributed by atoms with Crippen molar-refractivity contribution in [3.63, 3.8) is 0 Å². The zero-order valence-corrected chi connectivity index (χ0v) is 13.6. The van der Waals surface area contributed by atoms with Crippen LogP contribution in [0.5, 0.6) is 0 Å². The van der Waals surface area contributed by atoms with Crippen LogP contribution in [0.4, 0.5) is 5.69 Å². The number of amides is 2. The molecule has 0 saturated heterocycles. The highest BCUT2D eigenvalue weighted by Gasteiger charge is 2.17. The van der Waals surface area contributed by atoms with E-state index in [9.17, 15) is 9.59 Å². The van der Waals surface area contributed by atoms with E-state index in [4.69, 9.17) is 23.1 Å². The Labute approximate surface area is 144 Å². The van der Waals surface area contributed by atoms with E-state index in [1.54, 1.807) is 24.5 Å². The van der Waals surface area contributed by atoms with Crippen molar-refractivity contribution in [1.29, 1.82) is 0 Å². The lowest BCUT2D eigenvalue weighted by molar-refractivity contribution is -0.117. The number of aromatic nitrogens is 1. The van der Waals surface area contributed by atoms with Gasteiger partial charge in [0.2, 0.25) is 11.8 Å². The molecule has 6 nitrogen and oxygen atoms in total. The van der Waals surface area contributed by atoms with Gasteiger partial charge in [-0.2, -0.15) is 0 Å². The van der Waals surface area contributed by atoms with Gasteiger partial charge < -0.3 is 16.8 Å². The Kier molecular flexibility index (Phi) is 5.68. The highest BCUT2D eigenvalue weighted by molar-refractivity contribution is 6.34. The van der Waals surface area contributed by atoms with Crippen LogP contribution in [0, 0.1) is 0 Å². The standard InChI is InChI=1S/C17H17ClN4O2/c1-2-11-8-15(13(18)9-12(11)16(20)23)22-17(24)14(19)7-10-3-5-21-6-4-10/h2-6,8-9,14H,1,7,19H2,(H2,20,23)(H,22,24)/t14-/m1/s1. The molecule has 1 atom stereocenters. The van der Waals surface area contributed by atoms with E-state index in [1.807, 2.05) is 0 Å². The van der Waals surface area contributed by atoms with Crippen molar-refractivity contribution in [1.82, 2.24) is 4.98 Å². The van der Waals surface area contributed by atoms with Crippen LogP contribution < -0.4 is 16.8 Å². The zero-order valence-electron chi connectivity index (χ0n) is 12.8. The van der Waals surface area contributed by atoms with Crippen LogP contribution >= 0.6 is 11.6 Å². The summed E-state index contributed by atoms with van der Waals surface area (Å²) in [5.74, 6) is -1.02. The second-order valence-corrected chi connectivity index (χ2v) is 5.55. The van der Waals surface area contributed by atoms with Crippen LogP contribution in [0.2, 0.25) is 5.02 Å². The number of hydrogen-bond donors (Lipinski definition) is 3. The number of halogens is 1.